The molecule has 5 heteroatoms. The van der Waals surface area contributed by atoms with E-state index in [1.165, 1.54) is 0 Å². The minimum absolute atomic E-state index is 0.0298. The first kappa shape index (κ1) is 15.1. The Kier molecular flexibility index (Phi) is 3.71. The number of allylic oxidation sites excluding steroid dienone is 1. The molecule has 0 spiro atoms. The van der Waals surface area contributed by atoms with E-state index in [9.17, 15) is 14.4 Å². The Morgan fingerprint density at radius 3 is 2.58 bits per heavy atom. The number of carbonyl (C=O) groups excluding carboxylic acids is 3. The van der Waals surface area contributed by atoms with Gasteiger partial charge in [0.2, 0.25) is 5.91 Å². The number of nitrogens with zero attached hydrogens (tertiary/aromatic N) is 1. The van der Waals surface area contributed by atoms with Crippen molar-refractivity contribution in [2.45, 2.75) is 38.3 Å². The van der Waals surface area contributed by atoms with Gasteiger partial charge in [0.25, 0.3) is 0 Å². The van der Waals surface area contributed by atoms with Crippen molar-refractivity contribution in [3.05, 3.63) is 47.5 Å². The summed E-state index contributed by atoms with van der Waals surface area (Å²) in [6.45, 7) is 0.582. The summed E-state index contributed by atoms with van der Waals surface area (Å²) in [4.78, 5) is 37.8. The molecule has 5 nitrogen and oxygen atoms in total. The van der Waals surface area contributed by atoms with Crippen molar-refractivity contribution in [1.29, 1.82) is 0 Å². The molecule has 3 atom stereocenters. The Morgan fingerprint density at radius 2 is 1.79 bits per heavy atom. The molecular weight excluding hydrogens is 306 g/mol. The Hall–Kier alpha value is -2.43. The largest absolute Gasteiger partial charge is 0.393 e. The summed E-state index contributed by atoms with van der Waals surface area (Å²) in [6.07, 6.45) is 4.42. The molecule has 1 aliphatic carbocycles. The maximum absolute atomic E-state index is 12.3. The number of fused-ring (bicyclic) bond motifs is 1. The first-order chi connectivity index (χ1) is 11.6. The zero-order chi connectivity index (χ0) is 16.7. The third-order valence-electron chi connectivity index (χ3n) is 5.33. The molecule has 0 aromatic heterocycles. The molecule has 1 amide bonds. The molecule has 2 fully saturated rings. The fourth-order valence-electron chi connectivity index (χ4n) is 4.05. The summed E-state index contributed by atoms with van der Waals surface area (Å²) in [5.41, 5.74) is 2.20. The van der Waals surface area contributed by atoms with Crippen LogP contribution >= 0.6 is 0 Å². The van der Waals surface area contributed by atoms with Crippen LogP contribution in [0.4, 0.5) is 0 Å². The molecule has 24 heavy (non-hydrogen) atoms. The van der Waals surface area contributed by atoms with Crippen molar-refractivity contribution in [3.63, 3.8) is 0 Å². The third-order valence-corrected chi connectivity index (χ3v) is 5.33. The van der Waals surface area contributed by atoms with Gasteiger partial charge in [0.1, 0.15) is 0 Å². The van der Waals surface area contributed by atoms with Gasteiger partial charge in [0.05, 0.1) is 17.9 Å². The molecule has 1 unspecified atom stereocenters. The molecule has 0 saturated carbocycles. The van der Waals surface area contributed by atoms with E-state index in [0.29, 0.717) is 25.8 Å². The Balaban J connectivity index is 1.54. The molecule has 3 aliphatic rings. The third kappa shape index (κ3) is 2.54. The van der Waals surface area contributed by atoms with E-state index in [1.54, 1.807) is 0 Å². The number of rotatable bonds is 3. The number of hydrogen-bond donors (Lipinski definition) is 0. The van der Waals surface area contributed by atoms with E-state index >= 15 is 0 Å². The van der Waals surface area contributed by atoms with Gasteiger partial charge in [-0.3, -0.25) is 14.4 Å². The van der Waals surface area contributed by atoms with E-state index in [4.69, 9.17) is 4.74 Å². The SMILES string of the molecule is O=C1OC(=O)[C@@H]2CC(C3CCC(=O)N3Cc3ccccc3)=CC[C@H]12. The van der Waals surface area contributed by atoms with Gasteiger partial charge in [-0.1, -0.05) is 42.0 Å². The van der Waals surface area contributed by atoms with Gasteiger partial charge < -0.3 is 9.64 Å². The summed E-state index contributed by atoms with van der Waals surface area (Å²) in [7, 11) is 0. The van der Waals surface area contributed by atoms with Crippen LogP contribution in [0, 0.1) is 11.8 Å². The van der Waals surface area contributed by atoms with Crippen LogP contribution in [0.1, 0.15) is 31.2 Å². The highest BCUT2D eigenvalue weighted by atomic mass is 16.6. The zero-order valence-corrected chi connectivity index (χ0v) is 13.3. The van der Waals surface area contributed by atoms with Gasteiger partial charge in [-0.2, -0.15) is 0 Å². The van der Waals surface area contributed by atoms with Gasteiger partial charge in [0, 0.05) is 13.0 Å². The van der Waals surface area contributed by atoms with E-state index in [-0.39, 0.29) is 23.8 Å². The topological polar surface area (TPSA) is 63.7 Å². The fraction of sp³-hybridized carbons (Fsp3) is 0.421. The highest BCUT2D eigenvalue weighted by Crippen LogP contribution is 2.40. The molecule has 2 aliphatic heterocycles. The normalized spacial score (nSPS) is 29.5. The Labute approximate surface area is 140 Å². The standard InChI is InChI=1S/C19H19NO4/c21-17-9-8-16(20(17)11-12-4-2-1-3-5-12)13-6-7-14-15(10-13)19(23)24-18(14)22/h1-6,14-16H,7-11H2/t14-,15+,16?/m0/s1. The molecule has 4 rings (SSSR count). The lowest BCUT2D eigenvalue weighted by Gasteiger charge is -2.31. The monoisotopic (exact) mass is 325 g/mol. The second-order valence-electron chi connectivity index (χ2n) is 6.73. The first-order valence-electron chi connectivity index (χ1n) is 8.41. The van der Waals surface area contributed by atoms with Crippen molar-refractivity contribution in [1.82, 2.24) is 4.90 Å². The predicted octanol–water partition coefficient (Wildman–Crippen LogP) is 2.21. The predicted molar refractivity (Wildman–Crippen MR) is 85.4 cm³/mol. The van der Waals surface area contributed by atoms with Crippen molar-refractivity contribution in [3.8, 4) is 0 Å². The number of likely N-dealkylation sites (tertiary alicyclic amines) is 1. The van der Waals surface area contributed by atoms with E-state index < -0.39 is 11.9 Å². The number of hydrogen-bond acceptors (Lipinski definition) is 4. The van der Waals surface area contributed by atoms with E-state index in [0.717, 1.165) is 17.6 Å². The molecule has 1 aromatic carbocycles. The number of amides is 1. The lowest BCUT2D eigenvalue weighted by molar-refractivity contribution is -0.153. The minimum Gasteiger partial charge on any atom is -0.393 e. The van der Waals surface area contributed by atoms with Crippen LogP contribution in [0.2, 0.25) is 0 Å². The van der Waals surface area contributed by atoms with Gasteiger partial charge in [-0.05, 0) is 24.8 Å². The highest BCUT2D eigenvalue weighted by Gasteiger charge is 2.47. The average molecular weight is 325 g/mol. The molecule has 0 radical (unpaired) electrons. The lowest BCUT2D eigenvalue weighted by Crippen LogP contribution is -2.36. The van der Waals surface area contributed by atoms with Crippen molar-refractivity contribution in [2.24, 2.45) is 11.8 Å². The van der Waals surface area contributed by atoms with Gasteiger partial charge in [-0.15, -0.1) is 0 Å². The second-order valence-corrected chi connectivity index (χ2v) is 6.73. The number of carbonyl (C=O) groups is 3. The molecule has 0 bridgehead atoms. The maximum atomic E-state index is 12.3. The summed E-state index contributed by atoms with van der Waals surface area (Å²) >= 11 is 0. The van der Waals surface area contributed by atoms with E-state index in [2.05, 4.69) is 0 Å². The van der Waals surface area contributed by atoms with E-state index in [1.807, 2.05) is 41.3 Å². The van der Waals surface area contributed by atoms with Crippen LogP contribution in [0.15, 0.2) is 42.0 Å². The molecule has 2 heterocycles. The summed E-state index contributed by atoms with van der Waals surface area (Å²) < 4.78 is 4.77. The first-order valence-corrected chi connectivity index (χ1v) is 8.41. The van der Waals surface area contributed by atoms with Crippen LogP contribution < -0.4 is 0 Å². The van der Waals surface area contributed by atoms with Crippen LogP contribution in [0.5, 0.6) is 0 Å². The number of esters is 2. The second kappa shape index (κ2) is 5.89. The van der Waals surface area contributed by atoms with Crippen LogP contribution in [0.3, 0.4) is 0 Å². The Morgan fingerprint density at radius 1 is 1.04 bits per heavy atom. The van der Waals surface area contributed by atoms with Gasteiger partial charge in [0.15, 0.2) is 0 Å². The fourth-order valence-corrected chi connectivity index (χ4v) is 4.05. The van der Waals surface area contributed by atoms with Crippen LogP contribution in [-0.4, -0.2) is 28.8 Å². The quantitative estimate of drug-likeness (QED) is 0.486. The van der Waals surface area contributed by atoms with Crippen molar-refractivity contribution < 1.29 is 19.1 Å². The maximum Gasteiger partial charge on any atom is 0.317 e. The number of benzene rings is 1. The highest BCUT2D eigenvalue weighted by molar-refractivity contribution is 5.97. The van der Waals surface area contributed by atoms with Crippen molar-refractivity contribution >= 4 is 17.8 Å². The molecular formula is C19H19NO4. The zero-order valence-electron chi connectivity index (χ0n) is 13.3. The average Bonchev–Trinajstić information content (AvgIpc) is 3.09. The summed E-state index contributed by atoms with van der Waals surface area (Å²) in [5, 5.41) is 0. The minimum atomic E-state index is -0.408. The summed E-state index contributed by atoms with van der Waals surface area (Å²) in [6, 6.07) is 9.95. The number of cyclic esters (lactones) is 2. The molecule has 2 saturated heterocycles. The smallest absolute Gasteiger partial charge is 0.317 e. The van der Waals surface area contributed by atoms with Gasteiger partial charge in [-0.25, -0.2) is 0 Å². The summed E-state index contributed by atoms with van der Waals surface area (Å²) in [5.74, 6) is -1.36. The van der Waals surface area contributed by atoms with Gasteiger partial charge >= 0.3 is 11.9 Å². The molecule has 124 valence electrons. The Bertz CT molecular complexity index is 724. The van der Waals surface area contributed by atoms with Crippen LogP contribution in [-0.2, 0) is 25.7 Å². The molecule has 1 aromatic rings. The van der Waals surface area contributed by atoms with Crippen LogP contribution in [0.25, 0.3) is 0 Å². The van der Waals surface area contributed by atoms with Crippen molar-refractivity contribution in [2.75, 3.05) is 0 Å². The lowest BCUT2D eigenvalue weighted by atomic mass is 9.79. The number of ether oxygens (including phenoxy) is 1. The molecule has 0 N–H and O–H groups in total.